The van der Waals surface area contributed by atoms with Crippen LogP contribution >= 0.6 is 0 Å². The van der Waals surface area contributed by atoms with E-state index in [9.17, 15) is 0 Å². The first-order valence-corrected chi connectivity index (χ1v) is 5.90. The van der Waals surface area contributed by atoms with Crippen molar-refractivity contribution in [2.45, 2.75) is 38.1 Å². The van der Waals surface area contributed by atoms with Crippen LogP contribution < -0.4 is 5.73 Å². The Morgan fingerprint density at radius 2 is 1.67 bits per heavy atom. The van der Waals surface area contributed by atoms with Crippen molar-refractivity contribution >= 4 is 0 Å². The van der Waals surface area contributed by atoms with Gasteiger partial charge in [0.1, 0.15) is 0 Å². The average molecular weight is 201 g/mol. The van der Waals surface area contributed by atoms with Crippen LogP contribution in [-0.4, -0.2) is 6.04 Å². The van der Waals surface area contributed by atoms with Gasteiger partial charge in [0.05, 0.1) is 0 Å². The Labute approximate surface area is 91.7 Å². The molecule has 15 heavy (non-hydrogen) atoms. The maximum atomic E-state index is 6.21. The highest BCUT2D eigenvalue weighted by molar-refractivity contribution is 5.38. The molecule has 0 heterocycles. The molecule has 0 aromatic heterocycles. The maximum Gasteiger partial charge on any atom is 0.0136 e. The van der Waals surface area contributed by atoms with Gasteiger partial charge in [-0.3, -0.25) is 0 Å². The third-order valence-corrected chi connectivity index (χ3v) is 4.64. The predicted octanol–water partition coefficient (Wildman–Crippen LogP) is 2.70. The Bertz CT molecular complexity index is 376. The van der Waals surface area contributed by atoms with E-state index in [4.69, 9.17) is 5.73 Å². The van der Waals surface area contributed by atoms with Gasteiger partial charge in [0.25, 0.3) is 0 Å². The summed E-state index contributed by atoms with van der Waals surface area (Å²) in [6.45, 7) is 4.62. The van der Waals surface area contributed by atoms with E-state index in [0.29, 0.717) is 22.8 Å². The summed E-state index contributed by atoms with van der Waals surface area (Å²) in [6.07, 6.45) is 2.66. The minimum absolute atomic E-state index is 0.354. The topological polar surface area (TPSA) is 26.0 Å². The molecule has 0 spiro atoms. The minimum atomic E-state index is 0.354. The van der Waals surface area contributed by atoms with Crippen LogP contribution in [0.5, 0.6) is 0 Å². The van der Waals surface area contributed by atoms with Crippen molar-refractivity contribution in [1.82, 2.24) is 0 Å². The molecule has 3 rings (SSSR count). The Kier molecular flexibility index (Phi) is 1.66. The van der Waals surface area contributed by atoms with E-state index >= 15 is 0 Å². The van der Waals surface area contributed by atoms with Crippen molar-refractivity contribution in [3.8, 4) is 0 Å². The van der Waals surface area contributed by atoms with Gasteiger partial charge in [-0.2, -0.15) is 0 Å². The van der Waals surface area contributed by atoms with Crippen LogP contribution in [0, 0.1) is 11.3 Å². The lowest BCUT2D eigenvalue weighted by Crippen LogP contribution is -2.15. The molecule has 2 fully saturated rings. The van der Waals surface area contributed by atoms with Gasteiger partial charge in [0.15, 0.2) is 0 Å². The van der Waals surface area contributed by atoms with Crippen LogP contribution in [0.3, 0.4) is 0 Å². The highest BCUT2D eigenvalue weighted by atomic mass is 14.9. The van der Waals surface area contributed by atoms with Gasteiger partial charge < -0.3 is 5.73 Å². The predicted molar refractivity (Wildman–Crippen MR) is 62.6 cm³/mol. The number of hydrogen-bond acceptors (Lipinski definition) is 1. The fourth-order valence-corrected chi connectivity index (χ4v) is 3.42. The van der Waals surface area contributed by atoms with Crippen LogP contribution in [0.15, 0.2) is 30.3 Å². The van der Waals surface area contributed by atoms with E-state index < -0.39 is 0 Å². The summed E-state index contributed by atoms with van der Waals surface area (Å²) in [5.41, 5.74) is 8.51. The van der Waals surface area contributed by atoms with Gasteiger partial charge in [0, 0.05) is 11.5 Å². The highest BCUT2D eigenvalue weighted by Gasteiger charge is 2.69. The lowest BCUT2D eigenvalue weighted by molar-refractivity contribution is 0.469. The average Bonchev–Trinajstić information content (AvgIpc) is 3.09. The highest BCUT2D eigenvalue weighted by Crippen LogP contribution is 2.69. The summed E-state index contributed by atoms with van der Waals surface area (Å²) in [6, 6.07) is 11.3. The maximum absolute atomic E-state index is 6.21. The van der Waals surface area contributed by atoms with E-state index in [1.165, 1.54) is 18.4 Å². The zero-order valence-electron chi connectivity index (χ0n) is 9.53. The normalized spacial score (nSPS) is 34.9. The molecule has 1 heteroatoms. The molecule has 2 atom stereocenters. The molecule has 1 nitrogen and oxygen atoms in total. The van der Waals surface area contributed by atoms with E-state index in [2.05, 4.69) is 44.2 Å². The van der Waals surface area contributed by atoms with Crippen molar-refractivity contribution in [2.75, 3.05) is 0 Å². The van der Waals surface area contributed by atoms with Crippen molar-refractivity contribution < 1.29 is 0 Å². The Morgan fingerprint density at radius 3 is 2.07 bits per heavy atom. The van der Waals surface area contributed by atoms with Crippen molar-refractivity contribution in [2.24, 2.45) is 17.1 Å². The van der Waals surface area contributed by atoms with Crippen LogP contribution in [0.4, 0.5) is 0 Å². The Hall–Kier alpha value is -0.820. The summed E-state index contributed by atoms with van der Waals surface area (Å²) in [5.74, 6) is 0.701. The first-order valence-electron chi connectivity index (χ1n) is 5.90. The monoisotopic (exact) mass is 201 g/mol. The molecule has 0 radical (unpaired) electrons. The molecular formula is C14H19N. The molecule has 2 saturated carbocycles. The molecule has 0 unspecified atom stereocenters. The molecule has 2 aliphatic carbocycles. The van der Waals surface area contributed by atoms with Gasteiger partial charge in [-0.05, 0) is 29.7 Å². The molecule has 0 saturated heterocycles. The second-order valence-corrected chi connectivity index (χ2v) is 5.85. The molecule has 1 aromatic carbocycles. The zero-order chi connectivity index (χ0) is 10.7. The van der Waals surface area contributed by atoms with Gasteiger partial charge >= 0.3 is 0 Å². The fourth-order valence-electron chi connectivity index (χ4n) is 3.42. The lowest BCUT2D eigenvalue weighted by atomic mass is 9.87. The van der Waals surface area contributed by atoms with E-state index in [0.717, 1.165) is 0 Å². The third-order valence-electron chi connectivity index (χ3n) is 4.64. The minimum Gasteiger partial charge on any atom is -0.327 e. The van der Waals surface area contributed by atoms with E-state index in [-0.39, 0.29) is 0 Å². The van der Waals surface area contributed by atoms with Crippen LogP contribution in [-0.2, 0) is 5.41 Å². The van der Waals surface area contributed by atoms with Gasteiger partial charge in [-0.15, -0.1) is 0 Å². The van der Waals surface area contributed by atoms with Crippen LogP contribution in [0.2, 0.25) is 0 Å². The lowest BCUT2D eigenvalue weighted by Gasteiger charge is -2.17. The van der Waals surface area contributed by atoms with Crippen molar-refractivity contribution in [3.63, 3.8) is 0 Å². The van der Waals surface area contributed by atoms with Crippen LogP contribution in [0.25, 0.3) is 0 Å². The first kappa shape index (κ1) is 9.41. The Morgan fingerprint density at radius 1 is 1.13 bits per heavy atom. The Balaban J connectivity index is 1.94. The van der Waals surface area contributed by atoms with Crippen molar-refractivity contribution in [1.29, 1.82) is 0 Å². The summed E-state index contributed by atoms with van der Waals surface area (Å²) >= 11 is 0. The van der Waals surface area contributed by atoms with E-state index in [1.807, 2.05) is 0 Å². The molecule has 2 aliphatic rings. The molecule has 0 bridgehead atoms. The van der Waals surface area contributed by atoms with Gasteiger partial charge in [0.2, 0.25) is 0 Å². The first-order chi connectivity index (χ1) is 7.09. The van der Waals surface area contributed by atoms with Crippen molar-refractivity contribution in [3.05, 3.63) is 35.9 Å². The molecule has 0 amide bonds. The second kappa shape index (κ2) is 2.65. The number of benzene rings is 1. The largest absolute Gasteiger partial charge is 0.327 e. The number of rotatable bonds is 2. The second-order valence-electron chi connectivity index (χ2n) is 5.85. The SMILES string of the molecule is CC1(C)[C@@H](C2(c3ccccc3)CC2)[C@@H]1N. The molecular weight excluding hydrogens is 182 g/mol. The molecule has 1 aromatic rings. The molecule has 2 N–H and O–H groups in total. The summed E-state index contributed by atoms with van der Waals surface area (Å²) < 4.78 is 0. The van der Waals surface area contributed by atoms with E-state index in [1.54, 1.807) is 0 Å². The summed E-state index contributed by atoms with van der Waals surface area (Å²) in [4.78, 5) is 0. The fraction of sp³-hybridized carbons (Fsp3) is 0.571. The number of nitrogens with two attached hydrogens (primary N) is 1. The smallest absolute Gasteiger partial charge is 0.0136 e. The standard InChI is InChI=1S/C14H19N/c1-13(2)11(12(13)15)14(8-9-14)10-6-4-3-5-7-10/h3-7,11-12H,8-9,15H2,1-2H3/t11-,12-/m0/s1. The van der Waals surface area contributed by atoms with Gasteiger partial charge in [-0.25, -0.2) is 0 Å². The zero-order valence-corrected chi connectivity index (χ0v) is 9.53. The van der Waals surface area contributed by atoms with Gasteiger partial charge in [-0.1, -0.05) is 44.2 Å². The molecule has 80 valence electrons. The number of hydrogen-bond donors (Lipinski definition) is 1. The quantitative estimate of drug-likeness (QED) is 0.782. The third kappa shape index (κ3) is 1.13. The summed E-state index contributed by atoms with van der Waals surface area (Å²) in [5, 5.41) is 0. The molecule has 0 aliphatic heterocycles. The van der Waals surface area contributed by atoms with Crippen LogP contribution in [0.1, 0.15) is 32.3 Å². The summed E-state index contributed by atoms with van der Waals surface area (Å²) in [7, 11) is 0.